The molecule has 0 radical (unpaired) electrons. The van der Waals surface area contributed by atoms with Crippen LogP contribution in [0.15, 0.2) is 66.2 Å². The first kappa shape index (κ1) is 26.0. The Morgan fingerprint density at radius 3 is 2.43 bits per heavy atom. The zero-order valence-electron chi connectivity index (χ0n) is 20.5. The highest BCUT2D eigenvalue weighted by molar-refractivity contribution is 6.51. The fraction of sp³-hybridized carbons (Fsp3) is 0.214. The maximum absolute atomic E-state index is 13.9. The largest absolute Gasteiger partial charge is 0.507 e. The molecule has 0 aliphatic carbocycles. The van der Waals surface area contributed by atoms with Gasteiger partial charge in [-0.3, -0.25) is 14.5 Å². The van der Waals surface area contributed by atoms with Gasteiger partial charge in [0.25, 0.3) is 11.7 Å². The lowest BCUT2D eigenvalue weighted by Crippen LogP contribution is -2.29. The molecule has 1 N–H and O–H groups in total. The normalized spacial score (nSPS) is 16.7. The third-order valence-corrected chi connectivity index (χ3v) is 6.14. The van der Waals surface area contributed by atoms with Crippen molar-refractivity contribution in [2.24, 2.45) is 0 Å². The first-order chi connectivity index (χ1) is 17.8. The van der Waals surface area contributed by atoms with Gasteiger partial charge >= 0.3 is 0 Å². The standard InChI is InChI=1S/C28H25ClFNO6/c1-4-36-19-10-11-20(23(15-19)37-5-2)26(32)24-25(16-7-6-8-18(13-16)35-3)31(28(34)27(24)33)17-9-12-22(30)21(29)14-17/h6-15,25,32H,4-5H2,1-3H3/b26-24-. The van der Waals surface area contributed by atoms with Crippen LogP contribution in [0.2, 0.25) is 5.02 Å². The van der Waals surface area contributed by atoms with Gasteiger partial charge in [0.1, 0.15) is 28.8 Å². The Labute approximate surface area is 218 Å². The number of aliphatic hydroxyl groups is 1. The highest BCUT2D eigenvalue weighted by Crippen LogP contribution is 2.44. The maximum atomic E-state index is 13.9. The molecule has 0 saturated carbocycles. The van der Waals surface area contributed by atoms with Crippen molar-refractivity contribution >= 4 is 34.7 Å². The number of Topliss-reactive ketones (excluding diaryl/α,β-unsaturated/α-hetero) is 1. The van der Waals surface area contributed by atoms with Crippen molar-refractivity contribution in [1.29, 1.82) is 0 Å². The first-order valence-electron chi connectivity index (χ1n) is 11.6. The van der Waals surface area contributed by atoms with Crippen molar-refractivity contribution in [3.8, 4) is 17.2 Å². The quantitative estimate of drug-likeness (QED) is 0.223. The molecule has 3 aromatic rings. The van der Waals surface area contributed by atoms with Gasteiger partial charge in [-0.2, -0.15) is 0 Å². The van der Waals surface area contributed by atoms with Crippen LogP contribution in [0.4, 0.5) is 10.1 Å². The van der Waals surface area contributed by atoms with E-state index >= 15 is 0 Å². The van der Waals surface area contributed by atoms with Crippen LogP contribution < -0.4 is 19.1 Å². The van der Waals surface area contributed by atoms with E-state index in [1.807, 2.05) is 6.92 Å². The van der Waals surface area contributed by atoms with Crippen molar-refractivity contribution < 1.29 is 33.3 Å². The number of aliphatic hydroxyl groups excluding tert-OH is 1. The highest BCUT2D eigenvalue weighted by atomic mass is 35.5. The lowest BCUT2D eigenvalue weighted by atomic mass is 9.94. The molecular formula is C28H25ClFNO6. The third-order valence-electron chi connectivity index (χ3n) is 5.85. The number of benzene rings is 3. The molecule has 0 aromatic heterocycles. The Morgan fingerprint density at radius 1 is 1.00 bits per heavy atom. The smallest absolute Gasteiger partial charge is 0.300 e. The van der Waals surface area contributed by atoms with Crippen molar-refractivity contribution in [3.63, 3.8) is 0 Å². The SMILES string of the molecule is CCOc1ccc(/C(O)=C2/C(=O)C(=O)N(c3ccc(F)c(Cl)c3)C2c2cccc(OC)c2)c(OCC)c1. The summed E-state index contributed by atoms with van der Waals surface area (Å²) in [6, 6.07) is 14.2. The number of carbonyl (C=O) groups is 2. The van der Waals surface area contributed by atoms with Crippen LogP contribution in [-0.4, -0.2) is 37.1 Å². The summed E-state index contributed by atoms with van der Waals surface area (Å²) in [5.41, 5.74) is 0.735. The predicted octanol–water partition coefficient (Wildman–Crippen LogP) is 5.91. The average Bonchev–Trinajstić information content (AvgIpc) is 3.16. The van der Waals surface area contributed by atoms with E-state index in [1.165, 1.54) is 24.1 Å². The molecule has 1 aliphatic rings. The van der Waals surface area contributed by atoms with Crippen LogP contribution >= 0.6 is 11.6 Å². The fourth-order valence-electron chi connectivity index (χ4n) is 4.24. The van der Waals surface area contributed by atoms with Crippen LogP contribution in [0.25, 0.3) is 5.76 Å². The second-order valence-electron chi connectivity index (χ2n) is 8.07. The zero-order valence-corrected chi connectivity index (χ0v) is 21.2. The summed E-state index contributed by atoms with van der Waals surface area (Å²) in [6.45, 7) is 4.34. The molecule has 1 aliphatic heterocycles. The Balaban J connectivity index is 1.96. The Morgan fingerprint density at radius 2 is 1.76 bits per heavy atom. The molecule has 9 heteroatoms. The van der Waals surface area contributed by atoms with Gasteiger partial charge in [-0.25, -0.2) is 4.39 Å². The molecule has 3 aromatic carbocycles. The number of amides is 1. The van der Waals surface area contributed by atoms with Crippen molar-refractivity contribution in [1.82, 2.24) is 0 Å². The number of anilines is 1. The van der Waals surface area contributed by atoms with E-state index in [4.69, 9.17) is 25.8 Å². The van der Waals surface area contributed by atoms with Crippen LogP contribution in [0.3, 0.4) is 0 Å². The Bertz CT molecular complexity index is 1390. The summed E-state index contributed by atoms with van der Waals surface area (Å²) in [4.78, 5) is 28.0. The average molecular weight is 526 g/mol. The number of methoxy groups -OCH3 is 1. The second-order valence-corrected chi connectivity index (χ2v) is 8.48. The maximum Gasteiger partial charge on any atom is 0.300 e. The monoisotopic (exact) mass is 525 g/mol. The van der Waals surface area contributed by atoms with Crippen LogP contribution in [0, 0.1) is 5.82 Å². The summed E-state index contributed by atoms with van der Waals surface area (Å²) < 4.78 is 30.5. The minimum atomic E-state index is -1.06. The van der Waals surface area contributed by atoms with Gasteiger partial charge in [-0.1, -0.05) is 23.7 Å². The molecule has 1 heterocycles. The second kappa shape index (κ2) is 10.9. The third kappa shape index (κ3) is 4.97. The summed E-state index contributed by atoms with van der Waals surface area (Å²) in [7, 11) is 1.49. The van der Waals surface area contributed by atoms with Gasteiger partial charge in [-0.15, -0.1) is 0 Å². The Kier molecular flexibility index (Phi) is 7.69. The fourth-order valence-corrected chi connectivity index (χ4v) is 4.41. The number of ether oxygens (including phenoxy) is 3. The van der Waals surface area contributed by atoms with E-state index in [0.29, 0.717) is 23.7 Å². The summed E-state index contributed by atoms with van der Waals surface area (Å²) in [5, 5.41) is 11.3. The minimum Gasteiger partial charge on any atom is -0.507 e. The van der Waals surface area contributed by atoms with Gasteiger partial charge in [0.15, 0.2) is 0 Å². The molecule has 1 saturated heterocycles. The lowest BCUT2D eigenvalue weighted by Gasteiger charge is -2.26. The van der Waals surface area contributed by atoms with E-state index in [1.54, 1.807) is 49.4 Å². The molecule has 0 spiro atoms. The zero-order chi connectivity index (χ0) is 26.7. The minimum absolute atomic E-state index is 0.163. The van der Waals surface area contributed by atoms with Gasteiger partial charge in [0.05, 0.1) is 42.5 Å². The molecule has 1 atom stereocenters. The first-order valence-corrected chi connectivity index (χ1v) is 12.0. The highest BCUT2D eigenvalue weighted by Gasteiger charge is 2.47. The van der Waals surface area contributed by atoms with Crippen LogP contribution in [0.5, 0.6) is 17.2 Å². The van der Waals surface area contributed by atoms with E-state index in [9.17, 15) is 19.1 Å². The summed E-state index contributed by atoms with van der Waals surface area (Å²) >= 11 is 6.00. The van der Waals surface area contributed by atoms with E-state index in [0.717, 1.165) is 6.07 Å². The van der Waals surface area contributed by atoms with Crippen molar-refractivity contribution in [3.05, 3.63) is 88.2 Å². The molecule has 4 rings (SSSR count). The number of hydrogen-bond acceptors (Lipinski definition) is 6. The summed E-state index contributed by atoms with van der Waals surface area (Å²) in [6.07, 6.45) is 0. The molecule has 192 valence electrons. The Hall–Kier alpha value is -4.04. The van der Waals surface area contributed by atoms with E-state index in [2.05, 4.69) is 0 Å². The number of hydrogen-bond donors (Lipinski definition) is 1. The molecule has 7 nitrogen and oxygen atoms in total. The number of rotatable bonds is 8. The molecule has 37 heavy (non-hydrogen) atoms. The molecule has 0 bridgehead atoms. The van der Waals surface area contributed by atoms with Crippen LogP contribution in [-0.2, 0) is 9.59 Å². The molecular weight excluding hydrogens is 501 g/mol. The molecule has 1 fully saturated rings. The van der Waals surface area contributed by atoms with Crippen LogP contribution in [0.1, 0.15) is 31.0 Å². The predicted molar refractivity (Wildman–Crippen MR) is 138 cm³/mol. The van der Waals surface area contributed by atoms with E-state index < -0.39 is 29.3 Å². The molecule has 1 unspecified atom stereocenters. The van der Waals surface area contributed by atoms with Gasteiger partial charge < -0.3 is 19.3 Å². The van der Waals surface area contributed by atoms with E-state index in [-0.39, 0.29) is 34.2 Å². The van der Waals surface area contributed by atoms with Gasteiger partial charge in [0, 0.05) is 11.8 Å². The number of nitrogens with zero attached hydrogens (tertiary/aromatic N) is 1. The van der Waals surface area contributed by atoms with Gasteiger partial charge in [-0.05, 0) is 61.9 Å². The van der Waals surface area contributed by atoms with Gasteiger partial charge in [0.2, 0.25) is 0 Å². The topological polar surface area (TPSA) is 85.3 Å². The number of carbonyl (C=O) groups excluding carboxylic acids is 2. The van der Waals surface area contributed by atoms with Crippen molar-refractivity contribution in [2.45, 2.75) is 19.9 Å². The lowest BCUT2D eigenvalue weighted by molar-refractivity contribution is -0.132. The molecule has 1 amide bonds. The van der Waals surface area contributed by atoms with Crippen molar-refractivity contribution in [2.75, 3.05) is 25.2 Å². The number of ketones is 1. The summed E-state index contributed by atoms with van der Waals surface area (Å²) in [5.74, 6) is -1.62. The number of halogens is 2.